The summed E-state index contributed by atoms with van der Waals surface area (Å²) in [6, 6.07) is 5.40. The highest BCUT2D eigenvalue weighted by Crippen LogP contribution is 2.28. The van der Waals surface area contributed by atoms with Crippen molar-refractivity contribution in [3.05, 3.63) is 40.4 Å². The number of ether oxygens (including phenoxy) is 1. The topological polar surface area (TPSA) is 88.6 Å². The predicted octanol–water partition coefficient (Wildman–Crippen LogP) is 4.86. The van der Waals surface area contributed by atoms with Gasteiger partial charge in [-0.2, -0.15) is 0 Å². The van der Waals surface area contributed by atoms with E-state index in [-0.39, 0.29) is 35.9 Å². The number of rotatable bonds is 14. The second-order valence-electron chi connectivity index (χ2n) is 9.95. The summed E-state index contributed by atoms with van der Waals surface area (Å²) in [5, 5.41) is 4.69. The van der Waals surface area contributed by atoms with Gasteiger partial charge in [-0.05, 0) is 63.6 Å². The number of halogens is 1. The fraction of sp³-hybridized carbons (Fsp3) is 0.571. The Labute approximate surface area is 228 Å². The summed E-state index contributed by atoms with van der Waals surface area (Å²) in [6.07, 6.45) is 7.05. The van der Waals surface area contributed by atoms with Gasteiger partial charge in [0.25, 0.3) is 0 Å². The molecular weight excluding hydrogens is 510 g/mol. The monoisotopic (exact) mass is 547 g/mol. The highest BCUT2D eigenvalue weighted by Gasteiger charge is 2.30. The summed E-state index contributed by atoms with van der Waals surface area (Å²) in [5.74, 6) is -0.316. The van der Waals surface area contributed by atoms with Crippen molar-refractivity contribution in [2.24, 2.45) is 11.8 Å². The largest absolute Gasteiger partial charge is 0.381 e. The number of nitrogens with zero attached hydrogens (tertiary/aromatic N) is 2. The molecule has 2 atom stereocenters. The number of carbonyl (C=O) groups excluding carboxylic acids is 3. The van der Waals surface area contributed by atoms with Gasteiger partial charge in [0.1, 0.15) is 5.78 Å². The lowest BCUT2D eigenvalue weighted by atomic mass is 9.87. The van der Waals surface area contributed by atoms with Crippen LogP contribution >= 0.6 is 22.9 Å². The van der Waals surface area contributed by atoms with E-state index in [1.807, 2.05) is 44.1 Å². The first kappa shape index (κ1) is 29.4. The number of nitrogens with one attached hydrogen (secondary N) is 1. The van der Waals surface area contributed by atoms with Gasteiger partial charge < -0.3 is 15.0 Å². The maximum Gasteiger partial charge on any atom is 0.224 e. The van der Waals surface area contributed by atoms with Crippen molar-refractivity contribution in [3.63, 3.8) is 0 Å². The molecule has 0 aliphatic carbocycles. The number of fused-ring (bicyclic) bond motifs is 1. The van der Waals surface area contributed by atoms with E-state index in [4.69, 9.17) is 16.3 Å². The summed E-state index contributed by atoms with van der Waals surface area (Å²) in [5.41, 5.74) is 0.839. The van der Waals surface area contributed by atoms with Crippen molar-refractivity contribution in [1.82, 2.24) is 15.2 Å². The number of Topliss-reactive ketones (excluding diaryl/α,β-unsaturated/α-hetero) is 1. The zero-order valence-corrected chi connectivity index (χ0v) is 23.6. The molecule has 1 saturated heterocycles. The van der Waals surface area contributed by atoms with E-state index in [2.05, 4.69) is 10.3 Å². The number of thiazole rings is 1. The first-order valence-corrected chi connectivity index (χ1v) is 14.2. The number of ketones is 2. The summed E-state index contributed by atoms with van der Waals surface area (Å²) < 4.78 is 6.49. The molecule has 2 heterocycles. The van der Waals surface area contributed by atoms with Gasteiger partial charge in [-0.1, -0.05) is 24.6 Å². The van der Waals surface area contributed by atoms with Gasteiger partial charge in [0.15, 0.2) is 5.78 Å². The minimum atomic E-state index is -0.512. The van der Waals surface area contributed by atoms with Crippen LogP contribution < -0.4 is 5.32 Å². The van der Waals surface area contributed by atoms with E-state index < -0.39 is 5.92 Å². The quantitative estimate of drug-likeness (QED) is 0.340. The second-order valence-corrected chi connectivity index (χ2v) is 11.5. The van der Waals surface area contributed by atoms with Crippen molar-refractivity contribution >= 4 is 50.6 Å². The van der Waals surface area contributed by atoms with Crippen LogP contribution in [0, 0.1) is 11.8 Å². The molecule has 0 spiro atoms. The number of hydrogen-bond acceptors (Lipinski definition) is 7. The maximum atomic E-state index is 13.6. The Bertz CT molecular complexity index is 1090. The van der Waals surface area contributed by atoms with Gasteiger partial charge in [-0.3, -0.25) is 14.4 Å². The molecule has 3 rings (SSSR count). The summed E-state index contributed by atoms with van der Waals surface area (Å²) in [7, 11) is 3.91. The lowest BCUT2D eigenvalue weighted by molar-refractivity contribution is -0.130. The molecule has 0 unspecified atom stereocenters. The zero-order chi connectivity index (χ0) is 26.8. The minimum Gasteiger partial charge on any atom is -0.381 e. The molecule has 1 aliphatic heterocycles. The average molecular weight is 548 g/mol. The minimum absolute atomic E-state index is 0.0492. The summed E-state index contributed by atoms with van der Waals surface area (Å²) >= 11 is 7.63. The molecule has 1 N–H and O–H groups in total. The molecule has 1 fully saturated rings. The van der Waals surface area contributed by atoms with Crippen LogP contribution in [-0.4, -0.2) is 67.3 Å². The van der Waals surface area contributed by atoms with E-state index in [0.29, 0.717) is 50.5 Å². The molecule has 1 aliphatic rings. The molecule has 9 heteroatoms. The van der Waals surface area contributed by atoms with Crippen LogP contribution in [0.5, 0.6) is 0 Å². The Kier molecular flexibility index (Phi) is 11.7. The molecule has 2 aromatic rings. The molecule has 37 heavy (non-hydrogen) atoms. The molecular formula is C28H38ClN3O4S. The highest BCUT2D eigenvalue weighted by atomic mass is 35.5. The second kappa shape index (κ2) is 14.7. The van der Waals surface area contributed by atoms with Crippen LogP contribution in [0.25, 0.3) is 10.2 Å². The van der Waals surface area contributed by atoms with Crippen LogP contribution in [0.3, 0.4) is 0 Å². The van der Waals surface area contributed by atoms with E-state index >= 15 is 0 Å². The van der Waals surface area contributed by atoms with Crippen molar-refractivity contribution in [2.75, 3.05) is 33.9 Å². The van der Waals surface area contributed by atoms with Crippen LogP contribution in [-0.2, 0) is 25.5 Å². The SMILES string of the molecule is CCC(=O)C[C@@H](Cc1nc2ccc(Cl)cc2s1)C(=O)N[C@H](CCC(=O)/C=C/CN(C)C)C1CCOCC1. The molecule has 1 aromatic heterocycles. The Morgan fingerprint density at radius 2 is 2.03 bits per heavy atom. The van der Waals surface area contributed by atoms with Gasteiger partial charge in [0, 0.05) is 56.5 Å². The lowest BCUT2D eigenvalue weighted by Crippen LogP contribution is -2.45. The highest BCUT2D eigenvalue weighted by molar-refractivity contribution is 7.18. The molecule has 202 valence electrons. The van der Waals surface area contributed by atoms with Crippen molar-refractivity contribution in [3.8, 4) is 0 Å². The number of amides is 1. The fourth-order valence-electron chi connectivity index (χ4n) is 4.54. The normalized spacial score (nSPS) is 16.4. The molecule has 0 saturated carbocycles. The van der Waals surface area contributed by atoms with Gasteiger partial charge in [0.05, 0.1) is 21.1 Å². The Morgan fingerprint density at radius 3 is 2.73 bits per heavy atom. The smallest absolute Gasteiger partial charge is 0.224 e. The third kappa shape index (κ3) is 9.60. The third-order valence-corrected chi connectivity index (χ3v) is 7.97. The number of hydrogen-bond donors (Lipinski definition) is 1. The maximum absolute atomic E-state index is 13.6. The van der Waals surface area contributed by atoms with Crippen molar-refractivity contribution in [1.29, 1.82) is 0 Å². The van der Waals surface area contributed by atoms with Gasteiger partial charge in [-0.15, -0.1) is 11.3 Å². The van der Waals surface area contributed by atoms with E-state index in [1.165, 1.54) is 11.3 Å². The Hall–Kier alpha value is -2.13. The number of allylic oxidation sites excluding steroid dienone is 1. The van der Waals surface area contributed by atoms with Crippen molar-refractivity contribution in [2.45, 2.75) is 57.9 Å². The van der Waals surface area contributed by atoms with Crippen LogP contribution in [0.4, 0.5) is 0 Å². The predicted molar refractivity (Wildman–Crippen MR) is 149 cm³/mol. The summed E-state index contributed by atoms with van der Waals surface area (Å²) in [4.78, 5) is 45.1. The number of aromatic nitrogens is 1. The number of benzene rings is 1. The van der Waals surface area contributed by atoms with Gasteiger partial charge in [0.2, 0.25) is 5.91 Å². The van der Waals surface area contributed by atoms with Gasteiger partial charge in [-0.25, -0.2) is 4.98 Å². The molecule has 7 nitrogen and oxygen atoms in total. The van der Waals surface area contributed by atoms with Gasteiger partial charge >= 0.3 is 0 Å². The number of likely N-dealkylation sites (N-methyl/N-ethyl adjacent to an activating group) is 1. The summed E-state index contributed by atoms with van der Waals surface area (Å²) in [6.45, 7) is 3.83. The molecule has 1 amide bonds. The Morgan fingerprint density at radius 1 is 1.27 bits per heavy atom. The van der Waals surface area contributed by atoms with Crippen LogP contribution in [0.1, 0.15) is 50.5 Å². The molecule has 1 aromatic carbocycles. The first-order chi connectivity index (χ1) is 17.7. The fourth-order valence-corrected chi connectivity index (χ4v) is 5.86. The van der Waals surface area contributed by atoms with Crippen LogP contribution in [0.15, 0.2) is 30.4 Å². The Balaban J connectivity index is 1.72. The van der Waals surface area contributed by atoms with Crippen LogP contribution in [0.2, 0.25) is 5.02 Å². The van der Waals surface area contributed by atoms with E-state index in [9.17, 15) is 14.4 Å². The standard InChI is InChI=1S/C28H38ClN3O4S/c1-4-22(33)16-20(17-27-30-25-9-7-21(29)18-26(25)37-27)28(35)31-24(19-11-14-36-15-12-19)10-8-23(34)6-5-13-32(2)3/h5-7,9,18-20,24H,4,8,10-17H2,1-3H3,(H,31,35)/b6-5+/t20-,24+/m0/s1. The van der Waals surface area contributed by atoms with Crippen molar-refractivity contribution < 1.29 is 19.1 Å². The van der Waals surface area contributed by atoms with E-state index in [0.717, 1.165) is 28.1 Å². The average Bonchev–Trinajstić information content (AvgIpc) is 3.27. The lowest BCUT2D eigenvalue weighted by Gasteiger charge is -2.32. The zero-order valence-electron chi connectivity index (χ0n) is 22.0. The van der Waals surface area contributed by atoms with E-state index in [1.54, 1.807) is 12.1 Å². The third-order valence-electron chi connectivity index (χ3n) is 6.69. The first-order valence-electron chi connectivity index (χ1n) is 13.0. The molecule has 0 radical (unpaired) electrons. The molecule has 0 bridgehead atoms. The number of carbonyl (C=O) groups is 3.